The highest BCUT2D eigenvalue weighted by atomic mass is 79.9. The fourth-order valence-corrected chi connectivity index (χ4v) is 5.00. The largest absolute Gasteiger partial charge is 0.279 e. The third kappa shape index (κ3) is 4.41. The fraction of sp³-hybridized carbons (Fsp3) is 1.00. The Balaban J connectivity index is 1.83. The maximum absolute atomic E-state index is 12.2. The first-order chi connectivity index (χ1) is 8.99. The first-order valence-electron chi connectivity index (χ1n) is 7.38. The molecule has 1 N–H and O–H groups in total. The van der Waals surface area contributed by atoms with Crippen molar-refractivity contribution in [3.8, 4) is 0 Å². The van der Waals surface area contributed by atoms with Gasteiger partial charge < -0.3 is 0 Å². The predicted molar refractivity (Wildman–Crippen MR) is 81.6 cm³/mol. The van der Waals surface area contributed by atoms with E-state index in [2.05, 4.69) is 27.6 Å². The molecule has 1 aliphatic heterocycles. The number of rotatable bonds is 4. The summed E-state index contributed by atoms with van der Waals surface area (Å²) in [7, 11) is -3.27. The van der Waals surface area contributed by atoms with E-state index in [1.807, 2.05) is 0 Å². The lowest BCUT2D eigenvalue weighted by Crippen LogP contribution is -2.46. The highest BCUT2D eigenvalue weighted by Gasteiger charge is 2.29. The Morgan fingerprint density at radius 3 is 2.42 bits per heavy atom. The number of hydrogen-bond acceptors (Lipinski definition) is 2. The molecule has 2 fully saturated rings. The van der Waals surface area contributed by atoms with E-state index < -0.39 is 10.2 Å². The molecule has 1 saturated carbocycles. The average Bonchev–Trinajstić information content (AvgIpc) is 2.38. The summed E-state index contributed by atoms with van der Waals surface area (Å²) >= 11 is 3.68. The van der Waals surface area contributed by atoms with Crippen LogP contribution in [0, 0.1) is 11.8 Å². The van der Waals surface area contributed by atoms with Crippen molar-refractivity contribution in [2.45, 2.75) is 50.3 Å². The Bertz CT molecular complexity index is 380. The van der Waals surface area contributed by atoms with Crippen molar-refractivity contribution in [2.24, 2.45) is 11.8 Å². The SMILES string of the molecule is CC1CCN(S(=O)(=O)NCC2CCCCC2Br)CC1. The Kier molecular flexibility index (Phi) is 5.69. The van der Waals surface area contributed by atoms with Gasteiger partial charge in [-0.15, -0.1) is 0 Å². The van der Waals surface area contributed by atoms with Crippen LogP contribution in [0.2, 0.25) is 0 Å². The normalized spacial score (nSPS) is 31.5. The fourth-order valence-electron chi connectivity index (χ4n) is 2.92. The molecule has 0 radical (unpaired) electrons. The van der Waals surface area contributed by atoms with E-state index in [0.29, 0.717) is 36.3 Å². The first kappa shape index (κ1) is 15.7. The van der Waals surface area contributed by atoms with Gasteiger partial charge in [-0.1, -0.05) is 35.7 Å². The maximum atomic E-state index is 12.2. The first-order valence-corrected chi connectivity index (χ1v) is 9.73. The Labute approximate surface area is 125 Å². The number of nitrogens with one attached hydrogen (secondary N) is 1. The van der Waals surface area contributed by atoms with Crippen LogP contribution >= 0.6 is 15.9 Å². The van der Waals surface area contributed by atoms with Crippen molar-refractivity contribution >= 4 is 26.1 Å². The van der Waals surface area contributed by atoms with Crippen molar-refractivity contribution in [1.82, 2.24) is 9.03 Å². The molecule has 4 nitrogen and oxygen atoms in total. The molecule has 0 aromatic rings. The second-order valence-electron chi connectivity index (χ2n) is 6.00. The number of alkyl halides is 1. The summed E-state index contributed by atoms with van der Waals surface area (Å²) in [5.74, 6) is 1.09. The van der Waals surface area contributed by atoms with Gasteiger partial charge in [0, 0.05) is 24.5 Å². The maximum Gasteiger partial charge on any atom is 0.279 e. The summed E-state index contributed by atoms with van der Waals surface area (Å²) in [5, 5.41) is 0. The van der Waals surface area contributed by atoms with E-state index in [9.17, 15) is 8.42 Å². The van der Waals surface area contributed by atoms with Gasteiger partial charge in [-0.05, 0) is 37.5 Å². The number of hydrogen-bond donors (Lipinski definition) is 1. The van der Waals surface area contributed by atoms with E-state index in [4.69, 9.17) is 0 Å². The lowest BCUT2D eigenvalue weighted by Gasteiger charge is -2.31. The van der Waals surface area contributed by atoms with Crippen LogP contribution in [0.4, 0.5) is 0 Å². The third-order valence-corrected chi connectivity index (χ3v) is 7.21. The summed E-state index contributed by atoms with van der Waals surface area (Å²) in [6.45, 7) is 4.09. The number of nitrogens with zero attached hydrogens (tertiary/aromatic N) is 1. The molecule has 112 valence electrons. The highest BCUT2D eigenvalue weighted by Crippen LogP contribution is 2.29. The van der Waals surface area contributed by atoms with Gasteiger partial charge in [0.1, 0.15) is 0 Å². The van der Waals surface area contributed by atoms with Gasteiger partial charge in [-0.2, -0.15) is 12.7 Å². The molecule has 1 saturated heterocycles. The lowest BCUT2D eigenvalue weighted by molar-refractivity contribution is 0.282. The second-order valence-corrected chi connectivity index (χ2v) is 8.93. The average molecular weight is 353 g/mol. The smallest absolute Gasteiger partial charge is 0.202 e. The molecular formula is C13H25BrN2O2S. The van der Waals surface area contributed by atoms with Crippen LogP contribution in [0.1, 0.15) is 45.4 Å². The Morgan fingerprint density at radius 2 is 1.79 bits per heavy atom. The van der Waals surface area contributed by atoms with Crippen LogP contribution in [0.15, 0.2) is 0 Å². The molecule has 19 heavy (non-hydrogen) atoms. The Hall–Kier alpha value is 0.350. The summed E-state index contributed by atoms with van der Waals surface area (Å²) in [6.07, 6.45) is 6.71. The third-order valence-electron chi connectivity index (χ3n) is 4.43. The number of halogens is 1. The van der Waals surface area contributed by atoms with Crippen LogP contribution in [0.5, 0.6) is 0 Å². The summed E-state index contributed by atoms with van der Waals surface area (Å²) in [6, 6.07) is 0. The lowest BCUT2D eigenvalue weighted by atomic mass is 9.89. The minimum atomic E-state index is -3.27. The van der Waals surface area contributed by atoms with E-state index in [0.717, 1.165) is 25.7 Å². The van der Waals surface area contributed by atoms with Crippen LogP contribution in [0.3, 0.4) is 0 Å². The molecule has 0 aromatic heterocycles. The summed E-state index contributed by atoms with van der Waals surface area (Å²) in [4.78, 5) is 0.463. The molecule has 2 rings (SSSR count). The van der Waals surface area contributed by atoms with Gasteiger partial charge in [-0.25, -0.2) is 4.72 Å². The molecule has 0 amide bonds. The van der Waals surface area contributed by atoms with Crippen molar-refractivity contribution in [3.05, 3.63) is 0 Å². The Morgan fingerprint density at radius 1 is 1.16 bits per heavy atom. The molecular weight excluding hydrogens is 328 g/mol. The van der Waals surface area contributed by atoms with E-state index in [1.165, 1.54) is 12.8 Å². The van der Waals surface area contributed by atoms with Gasteiger partial charge in [0.15, 0.2) is 0 Å². The second kappa shape index (κ2) is 6.87. The molecule has 6 heteroatoms. The molecule has 0 spiro atoms. The topological polar surface area (TPSA) is 49.4 Å². The van der Waals surface area contributed by atoms with Crippen LogP contribution in [-0.4, -0.2) is 37.2 Å². The van der Waals surface area contributed by atoms with Crippen LogP contribution in [0.25, 0.3) is 0 Å². The monoisotopic (exact) mass is 352 g/mol. The minimum absolute atomic E-state index is 0.437. The molecule has 2 unspecified atom stereocenters. The molecule has 2 atom stereocenters. The van der Waals surface area contributed by atoms with Crippen LogP contribution in [-0.2, 0) is 10.2 Å². The molecule has 0 aromatic carbocycles. The zero-order chi connectivity index (χ0) is 13.9. The van der Waals surface area contributed by atoms with Gasteiger partial charge >= 0.3 is 0 Å². The van der Waals surface area contributed by atoms with Gasteiger partial charge in [0.2, 0.25) is 0 Å². The standard InChI is InChI=1S/C13H25BrN2O2S/c1-11-6-8-16(9-7-11)19(17,18)15-10-12-4-2-3-5-13(12)14/h11-13,15H,2-10H2,1H3. The molecule has 0 bridgehead atoms. The van der Waals surface area contributed by atoms with Crippen molar-refractivity contribution in [1.29, 1.82) is 0 Å². The van der Waals surface area contributed by atoms with Gasteiger partial charge in [0.05, 0.1) is 0 Å². The quantitative estimate of drug-likeness (QED) is 0.790. The zero-order valence-electron chi connectivity index (χ0n) is 11.6. The van der Waals surface area contributed by atoms with E-state index in [-0.39, 0.29) is 0 Å². The van der Waals surface area contributed by atoms with Crippen LogP contribution < -0.4 is 4.72 Å². The molecule has 1 heterocycles. The van der Waals surface area contributed by atoms with Crippen molar-refractivity contribution < 1.29 is 8.42 Å². The zero-order valence-corrected chi connectivity index (χ0v) is 14.0. The predicted octanol–water partition coefficient (Wildman–Crippen LogP) is 2.51. The molecule has 1 aliphatic carbocycles. The van der Waals surface area contributed by atoms with E-state index in [1.54, 1.807) is 4.31 Å². The van der Waals surface area contributed by atoms with E-state index >= 15 is 0 Å². The summed E-state index contributed by atoms with van der Waals surface area (Å²) < 4.78 is 28.9. The van der Waals surface area contributed by atoms with Crippen molar-refractivity contribution in [3.63, 3.8) is 0 Å². The van der Waals surface area contributed by atoms with Gasteiger partial charge in [-0.3, -0.25) is 0 Å². The minimum Gasteiger partial charge on any atom is -0.202 e. The van der Waals surface area contributed by atoms with Gasteiger partial charge in [0.25, 0.3) is 10.2 Å². The number of piperidine rings is 1. The van der Waals surface area contributed by atoms with Crippen molar-refractivity contribution in [2.75, 3.05) is 19.6 Å². The summed E-state index contributed by atoms with van der Waals surface area (Å²) in [5.41, 5.74) is 0. The highest BCUT2D eigenvalue weighted by molar-refractivity contribution is 9.09. The molecule has 2 aliphatic rings.